The van der Waals surface area contributed by atoms with Gasteiger partial charge < -0.3 is 24.1 Å². The number of carbonyl (C=O) groups excluding carboxylic acids is 1. The van der Waals surface area contributed by atoms with Crippen molar-refractivity contribution in [2.75, 3.05) is 27.2 Å². The smallest absolute Gasteiger partial charge is 0.407 e. The lowest BCUT2D eigenvalue weighted by atomic mass is 10.1. The highest BCUT2D eigenvalue weighted by Gasteiger charge is 2.18. The predicted molar refractivity (Wildman–Crippen MR) is 149 cm³/mol. The van der Waals surface area contributed by atoms with Crippen LogP contribution in [-0.4, -0.2) is 64.0 Å². The van der Waals surface area contributed by atoms with Crippen molar-refractivity contribution in [3.05, 3.63) is 73.1 Å². The summed E-state index contributed by atoms with van der Waals surface area (Å²) in [5.41, 5.74) is 4.03. The van der Waals surface area contributed by atoms with Crippen LogP contribution in [0.15, 0.2) is 71.9 Å². The van der Waals surface area contributed by atoms with E-state index in [-0.39, 0.29) is 24.9 Å². The van der Waals surface area contributed by atoms with Crippen molar-refractivity contribution in [1.82, 2.24) is 30.4 Å². The highest BCUT2D eigenvalue weighted by Crippen LogP contribution is 2.31. The molecule has 39 heavy (non-hydrogen) atoms. The van der Waals surface area contributed by atoms with E-state index in [1.807, 2.05) is 61.5 Å². The van der Waals surface area contributed by atoms with Gasteiger partial charge in [-0.25, -0.2) is 9.78 Å². The Bertz CT molecular complexity index is 1440. The Hall–Kier alpha value is -4.73. The number of nitrogens with one attached hydrogen (secondary N) is 1. The van der Waals surface area contributed by atoms with E-state index in [1.54, 1.807) is 39.2 Å². The predicted octanol–water partition coefficient (Wildman–Crippen LogP) is 5.30. The summed E-state index contributed by atoms with van der Waals surface area (Å²) in [4.78, 5) is 22.8. The average molecular weight is 529 g/mol. The zero-order valence-corrected chi connectivity index (χ0v) is 22.8. The van der Waals surface area contributed by atoms with Gasteiger partial charge in [0.05, 0.1) is 30.2 Å². The molecular formula is C29H32N6O4. The molecule has 0 atom stereocenters. The van der Waals surface area contributed by atoms with Crippen LogP contribution in [-0.2, 0) is 4.74 Å². The first-order chi connectivity index (χ1) is 18.6. The van der Waals surface area contributed by atoms with Crippen molar-refractivity contribution in [3.8, 4) is 40.0 Å². The maximum atomic E-state index is 11.8. The first-order valence-electron chi connectivity index (χ1n) is 12.4. The molecule has 1 amide bonds. The minimum absolute atomic E-state index is 0.228. The minimum Gasteiger partial charge on any atom is -0.491 e. The Kier molecular flexibility index (Phi) is 8.24. The molecular weight excluding hydrogens is 496 g/mol. The standard InChI is InChI=1S/C29H32N6O4/c1-19(35(5)6)20-11-13-21(14-12-20)23-17-30-18-24(32-23)27-34-33-26(38-27)22-9-7-8-10-25(22)37-16-15-31-28(36)39-29(2,3)4/h7-14,17-18H,1,15-16H2,2-6H3,(H,31,36). The molecule has 0 fully saturated rings. The molecule has 1 N–H and O–H groups in total. The Labute approximate surface area is 227 Å². The summed E-state index contributed by atoms with van der Waals surface area (Å²) in [6.07, 6.45) is 2.76. The number of carbonyl (C=O) groups is 1. The number of para-hydroxylation sites is 1. The first kappa shape index (κ1) is 27.3. The fourth-order valence-corrected chi connectivity index (χ4v) is 3.53. The van der Waals surface area contributed by atoms with Gasteiger partial charge in [0.2, 0.25) is 0 Å². The number of alkyl carbamates (subject to hydrolysis) is 1. The zero-order chi connectivity index (χ0) is 28.0. The Morgan fingerprint density at radius 2 is 1.69 bits per heavy atom. The molecule has 0 saturated heterocycles. The second-order valence-corrected chi connectivity index (χ2v) is 9.89. The van der Waals surface area contributed by atoms with Crippen molar-refractivity contribution in [2.45, 2.75) is 26.4 Å². The van der Waals surface area contributed by atoms with Gasteiger partial charge in [-0.1, -0.05) is 43.0 Å². The van der Waals surface area contributed by atoms with Crippen LogP contribution in [0.3, 0.4) is 0 Å². The molecule has 0 aliphatic rings. The van der Waals surface area contributed by atoms with E-state index < -0.39 is 11.7 Å². The third kappa shape index (κ3) is 7.19. The topological polar surface area (TPSA) is 116 Å². The molecule has 2 aromatic carbocycles. The molecule has 0 aliphatic carbocycles. The van der Waals surface area contributed by atoms with Gasteiger partial charge >= 0.3 is 6.09 Å². The molecule has 10 heteroatoms. The molecule has 0 aliphatic heterocycles. The molecule has 2 aromatic heterocycles. The minimum atomic E-state index is -0.566. The first-order valence-corrected chi connectivity index (χ1v) is 12.4. The van der Waals surface area contributed by atoms with Gasteiger partial charge in [0.25, 0.3) is 11.8 Å². The molecule has 2 heterocycles. The van der Waals surface area contributed by atoms with Crippen molar-refractivity contribution < 1.29 is 18.7 Å². The van der Waals surface area contributed by atoms with Gasteiger partial charge in [-0.05, 0) is 38.5 Å². The fraction of sp³-hybridized carbons (Fsp3) is 0.276. The van der Waals surface area contributed by atoms with Gasteiger partial charge in [0, 0.05) is 25.4 Å². The van der Waals surface area contributed by atoms with Crippen molar-refractivity contribution in [2.24, 2.45) is 0 Å². The van der Waals surface area contributed by atoms with Crippen molar-refractivity contribution in [1.29, 1.82) is 0 Å². The third-order valence-electron chi connectivity index (χ3n) is 5.48. The van der Waals surface area contributed by atoms with Crippen LogP contribution < -0.4 is 10.1 Å². The number of ether oxygens (including phenoxy) is 2. The van der Waals surface area contributed by atoms with Gasteiger partial charge in [-0.3, -0.25) is 4.98 Å². The van der Waals surface area contributed by atoms with E-state index >= 15 is 0 Å². The van der Waals surface area contributed by atoms with E-state index in [4.69, 9.17) is 13.9 Å². The second-order valence-electron chi connectivity index (χ2n) is 9.89. The van der Waals surface area contributed by atoms with E-state index in [0.29, 0.717) is 22.7 Å². The summed E-state index contributed by atoms with van der Waals surface area (Å²) in [7, 11) is 3.91. The third-order valence-corrected chi connectivity index (χ3v) is 5.48. The van der Waals surface area contributed by atoms with Crippen LogP contribution in [0.5, 0.6) is 5.75 Å². The highest BCUT2D eigenvalue weighted by atomic mass is 16.6. The molecule has 0 unspecified atom stereocenters. The van der Waals surface area contributed by atoms with Crippen molar-refractivity contribution >= 4 is 11.8 Å². The van der Waals surface area contributed by atoms with E-state index in [0.717, 1.165) is 16.8 Å². The molecule has 4 aromatic rings. The van der Waals surface area contributed by atoms with Gasteiger partial charge in [-0.15, -0.1) is 10.2 Å². The van der Waals surface area contributed by atoms with Gasteiger partial charge in [0.15, 0.2) is 0 Å². The van der Waals surface area contributed by atoms with Gasteiger partial charge in [0.1, 0.15) is 23.7 Å². The Balaban J connectivity index is 1.46. The van der Waals surface area contributed by atoms with Crippen LogP contribution in [0, 0.1) is 0 Å². The zero-order valence-electron chi connectivity index (χ0n) is 22.8. The van der Waals surface area contributed by atoms with E-state index in [9.17, 15) is 4.79 Å². The molecule has 10 nitrogen and oxygen atoms in total. The number of hydrogen-bond donors (Lipinski definition) is 1. The number of hydrogen-bond acceptors (Lipinski definition) is 9. The summed E-state index contributed by atoms with van der Waals surface area (Å²) < 4.78 is 17.1. The molecule has 4 rings (SSSR count). The maximum absolute atomic E-state index is 11.8. The summed E-state index contributed by atoms with van der Waals surface area (Å²) in [5.74, 6) is 1.05. The largest absolute Gasteiger partial charge is 0.491 e. The molecule has 0 spiro atoms. The SMILES string of the molecule is C=C(c1ccc(-c2cncc(-c3nnc(-c4ccccc4OCCNC(=O)OC(C)(C)C)o3)n2)cc1)N(C)C. The number of aromatic nitrogens is 4. The fourth-order valence-electron chi connectivity index (χ4n) is 3.53. The summed E-state index contributed by atoms with van der Waals surface area (Å²) in [5, 5.41) is 11.1. The van der Waals surface area contributed by atoms with Crippen LogP contribution in [0.25, 0.3) is 40.0 Å². The van der Waals surface area contributed by atoms with Gasteiger partial charge in [-0.2, -0.15) is 0 Å². The maximum Gasteiger partial charge on any atom is 0.407 e. The lowest BCUT2D eigenvalue weighted by molar-refractivity contribution is 0.0520. The van der Waals surface area contributed by atoms with Crippen LogP contribution in [0.2, 0.25) is 0 Å². The van der Waals surface area contributed by atoms with E-state index in [1.165, 1.54) is 0 Å². The quantitative estimate of drug-likeness (QED) is 0.289. The molecule has 0 saturated carbocycles. The lowest BCUT2D eigenvalue weighted by Crippen LogP contribution is -2.34. The molecule has 0 bridgehead atoms. The number of amides is 1. The number of nitrogens with zero attached hydrogens (tertiary/aromatic N) is 5. The monoisotopic (exact) mass is 528 g/mol. The second kappa shape index (κ2) is 11.8. The number of benzene rings is 2. The number of rotatable bonds is 9. The summed E-state index contributed by atoms with van der Waals surface area (Å²) >= 11 is 0. The Morgan fingerprint density at radius 3 is 2.41 bits per heavy atom. The molecule has 202 valence electrons. The van der Waals surface area contributed by atoms with Crippen LogP contribution >= 0.6 is 0 Å². The van der Waals surface area contributed by atoms with Crippen LogP contribution in [0.4, 0.5) is 4.79 Å². The highest BCUT2D eigenvalue weighted by molar-refractivity contribution is 5.68. The Morgan fingerprint density at radius 1 is 1.00 bits per heavy atom. The van der Waals surface area contributed by atoms with Crippen LogP contribution in [0.1, 0.15) is 26.3 Å². The lowest BCUT2D eigenvalue weighted by Gasteiger charge is -2.19. The summed E-state index contributed by atoms with van der Waals surface area (Å²) in [6, 6.07) is 15.2. The summed E-state index contributed by atoms with van der Waals surface area (Å²) in [6.45, 7) is 10.0. The normalized spacial score (nSPS) is 11.1. The van der Waals surface area contributed by atoms with E-state index in [2.05, 4.69) is 32.1 Å². The van der Waals surface area contributed by atoms with Crippen molar-refractivity contribution in [3.63, 3.8) is 0 Å². The molecule has 0 radical (unpaired) electrons. The average Bonchev–Trinajstić information content (AvgIpc) is 3.40.